The minimum absolute atomic E-state index is 0. The zero-order valence-electron chi connectivity index (χ0n) is 18.1. The van der Waals surface area contributed by atoms with Crippen molar-refractivity contribution in [3.8, 4) is 0 Å². The molecule has 172 valence electrons. The highest BCUT2D eigenvalue weighted by atomic mass is 127. The first-order valence-corrected chi connectivity index (χ1v) is 12.8. The Bertz CT molecular complexity index is 939. The third kappa shape index (κ3) is 7.40. The highest BCUT2D eigenvalue weighted by Gasteiger charge is 2.25. The van der Waals surface area contributed by atoms with Crippen LogP contribution in [0.2, 0.25) is 0 Å². The van der Waals surface area contributed by atoms with Gasteiger partial charge in [0.1, 0.15) is 5.01 Å². The van der Waals surface area contributed by atoms with Crippen LogP contribution in [0.5, 0.6) is 0 Å². The predicted molar refractivity (Wildman–Crippen MR) is 138 cm³/mol. The highest BCUT2D eigenvalue weighted by Crippen LogP contribution is 2.21. The van der Waals surface area contributed by atoms with Crippen LogP contribution in [0.25, 0.3) is 0 Å². The Balaban J connectivity index is 0.00000341. The highest BCUT2D eigenvalue weighted by molar-refractivity contribution is 14.0. The third-order valence-corrected chi connectivity index (χ3v) is 8.05. The summed E-state index contributed by atoms with van der Waals surface area (Å²) in [6.07, 6.45) is 5.90. The largest absolute Gasteiger partial charge is 0.357 e. The van der Waals surface area contributed by atoms with Crippen molar-refractivity contribution in [3.63, 3.8) is 0 Å². The molecule has 0 atom stereocenters. The summed E-state index contributed by atoms with van der Waals surface area (Å²) in [5.74, 6) is 0.718. The lowest BCUT2D eigenvalue weighted by Gasteiger charge is -2.25. The molecule has 0 spiro atoms. The topological polar surface area (TPSA) is 86.7 Å². The maximum absolute atomic E-state index is 12.8. The second-order valence-electron chi connectivity index (χ2n) is 7.23. The summed E-state index contributed by atoms with van der Waals surface area (Å²) in [5.41, 5.74) is 0.965. The molecule has 2 heterocycles. The fourth-order valence-electron chi connectivity index (χ4n) is 3.29. The number of nitrogens with one attached hydrogen (secondary N) is 2. The number of sulfonamides is 1. The molecule has 1 aliphatic heterocycles. The van der Waals surface area contributed by atoms with Crippen LogP contribution in [0.1, 0.15) is 48.6 Å². The van der Waals surface area contributed by atoms with Crippen LogP contribution in [0, 0.1) is 0 Å². The normalized spacial score (nSPS) is 15.4. The van der Waals surface area contributed by atoms with Gasteiger partial charge in [-0.1, -0.05) is 25.5 Å². The summed E-state index contributed by atoms with van der Waals surface area (Å²) >= 11 is 1.71. The molecule has 0 bridgehead atoms. The zero-order chi connectivity index (χ0) is 21.4. The number of rotatable bonds is 8. The van der Waals surface area contributed by atoms with E-state index < -0.39 is 10.0 Å². The smallest absolute Gasteiger partial charge is 0.243 e. The van der Waals surface area contributed by atoms with Gasteiger partial charge in [-0.3, -0.25) is 0 Å². The molecule has 3 rings (SSSR count). The summed E-state index contributed by atoms with van der Waals surface area (Å²) in [6, 6.07) is 7.07. The third-order valence-electron chi connectivity index (χ3n) is 5.00. The predicted octanol–water partition coefficient (Wildman–Crippen LogP) is 3.75. The molecule has 0 amide bonds. The summed E-state index contributed by atoms with van der Waals surface area (Å²) in [4.78, 5) is 10.7. The van der Waals surface area contributed by atoms with Crippen molar-refractivity contribution >= 4 is 51.3 Å². The summed E-state index contributed by atoms with van der Waals surface area (Å²) < 4.78 is 27.1. The van der Waals surface area contributed by atoms with Gasteiger partial charge in [-0.2, -0.15) is 4.31 Å². The minimum atomic E-state index is -3.39. The standard InChI is InChI=1S/C21H31N5O2S2.HI/c1-3-18-15-23-20(29-18)16-25-21(22-4-2)24-14-17-8-10-19(11-9-17)30(27,28)26-12-6-5-7-13-26;/h8-11,15H,3-7,12-14,16H2,1-2H3,(H2,22,24,25);1H. The number of hydrogen-bond acceptors (Lipinski definition) is 5. The number of benzene rings is 1. The summed E-state index contributed by atoms with van der Waals surface area (Å²) in [6.45, 7) is 7.24. The van der Waals surface area contributed by atoms with E-state index >= 15 is 0 Å². The Labute approximate surface area is 206 Å². The van der Waals surface area contributed by atoms with Crippen molar-refractivity contribution in [3.05, 3.63) is 45.9 Å². The average molecular weight is 578 g/mol. The molecular weight excluding hydrogens is 545 g/mol. The fraction of sp³-hybridized carbons (Fsp3) is 0.524. The van der Waals surface area contributed by atoms with E-state index in [1.165, 1.54) is 4.88 Å². The van der Waals surface area contributed by atoms with Gasteiger partial charge in [-0.25, -0.2) is 18.4 Å². The van der Waals surface area contributed by atoms with E-state index in [9.17, 15) is 8.42 Å². The first-order valence-electron chi connectivity index (χ1n) is 10.6. The molecule has 10 heteroatoms. The van der Waals surface area contributed by atoms with Crippen molar-refractivity contribution in [2.24, 2.45) is 4.99 Å². The number of aryl methyl sites for hydroxylation is 1. The van der Waals surface area contributed by atoms with Crippen LogP contribution in [-0.4, -0.2) is 43.3 Å². The average Bonchev–Trinajstić information content (AvgIpc) is 3.25. The van der Waals surface area contributed by atoms with E-state index in [2.05, 4.69) is 27.5 Å². The van der Waals surface area contributed by atoms with Gasteiger partial charge in [-0.15, -0.1) is 35.3 Å². The first kappa shape index (κ1) is 26.0. The summed E-state index contributed by atoms with van der Waals surface area (Å²) in [7, 11) is -3.39. The fourth-order valence-corrected chi connectivity index (χ4v) is 5.61. The number of piperidine rings is 1. The molecule has 1 fully saturated rings. The first-order chi connectivity index (χ1) is 14.5. The molecule has 1 saturated heterocycles. The van der Waals surface area contributed by atoms with E-state index in [0.29, 0.717) is 31.1 Å². The molecule has 31 heavy (non-hydrogen) atoms. The van der Waals surface area contributed by atoms with Crippen molar-refractivity contribution in [1.82, 2.24) is 19.9 Å². The van der Waals surface area contributed by atoms with Gasteiger partial charge in [0, 0.05) is 30.7 Å². The number of thiazole rings is 1. The summed E-state index contributed by atoms with van der Waals surface area (Å²) in [5, 5.41) is 7.58. The molecule has 2 N–H and O–H groups in total. The van der Waals surface area contributed by atoms with Crippen molar-refractivity contribution < 1.29 is 8.42 Å². The van der Waals surface area contributed by atoms with Gasteiger partial charge in [0.15, 0.2) is 5.96 Å². The molecule has 1 aromatic carbocycles. The maximum atomic E-state index is 12.8. The van der Waals surface area contributed by atoms with Crippen molar-refractivity contribution in [2.45, 2.75) is 57.5 Å². The van der Waals surface area contributed by atoms with Gasteiger partial charge >= 0.3 is 0 Å². The Kier molecular flexibility index (Phi) is 10.7. The number of halogens is 1. The Hall–Kier alpha value is -1.24. The molecule has 0 aliphatic carbocycles. The van der Waals surface area contributed by atoms with Crippen LogP contribution in [0.3, 0.4) is 0 Å². The van der Waals surface area contributed by atoms with Crippen LogP contribution < -0.4 is 10.6 Å². The number of aliphatic imine (C=N–C) groups is 1. The van der Waals surface area contributed by atoms with Crippen LogP contribution >= 0.6 is 35.3 Å². The monoisotopic (exact) mass is 577 g/mol. The van der Waals surface area contributed by atoms with Gasteiger partial charge in [0.05, 0.1) is 18.0 Å². The molecular formula is C21H32IN5O2S2. The van der Waals surface area contributed by atoms with E-state index in [0.717, 1.165) is 48.8 Å². The molecule has 1 aromatic heterocycles. The Morgan fingerprint density at radius 3 is 2.45 bits per heavy atom. The van der Waals surface area contributed by atoms with Gasteiger partial charge in [0.2, 0.25) is 10.0 Å². The molecule has 2 aromatic rings. The molecule has 7 nitrogen and oxygen atoms in total. The lowest BCUT2D eigenvalue weighted by Crippen LogP contribution is -2.36. The lowest BCUT2D eigenvalue weighted by molar-refractivity contribution is 0.346. The SMILES string of the molecule is CCNC(=NCc1ccc(S(=O)(=O)N2CCCCC2)cc1)NCc1ncc(CC)s1.I. The Morgan fingerprint density at radius 1 is 1.13 bits per heavy atom. The lowest BCUT2D eigenvalue weighted by atomic mass is 10.2. The molecule has 0 unspecified atom stereocenters. The van der Waals surface area contributed by atoms with Gasteiger partial charge in [-0.05, 0) is 43.9 Å². The zero-order valence-corrected chi connectivity index (χ0v) is 22.1. The van der Waals surface area contributed by atoms with E-state index in [1.54, 1.807) is 27.8 Å². The van der Waals surface area contributed by atoms with E-state index in [4.69, 9.17) is 0 Å². The number of guanidine groups is 1. The van der Waals surface area contributed by atoms with E-state index in [1.807, 2.05) is 25.3 Å². The van der Waals surface area contributed by atoms with Crippen LogP contribution in [-0.2, 0) is 29.5 Å². The van der Waals surface area contributed by atoms with E-state index in [-0.39, 0.29) is 24.0 Å². The number of hydrogen-bond donors (Lipinski definition) is 2. The van der Waals surface area contributed by atoms with Crippen LogP contribution in [0.15, 0.2) is 40.4 Å². The van der Waals surface area contributed by atoms with Gasteiger partial charge in [0.25, 0.3) is 0 Å². The molecule has 1 aliphatic rings. The number of nitrogens with zero attached hydrogens (tertiary/aromatic N) is 3. The number of aromatic nitrogens is 1. The maximum Gasteiger partial charge on any atom is 0.243 e. The van der Waals surface area contributed by atoms with Crippen molar-refractivity contribution in [2.75, 3.05) is 19.6 Å². The Morgan fingerprint density at radius 2 is 1.84 bits per heavy atom. The second kappa shape index (κ2) is 12.7. The van der Waals surface area contributed by atoms with Crippen molar-refractivity contribution in [1.29, 1.82) is 0 Å². The van der Waals surface area contributed by atoms with Gasteiger partial charge < -0.3 is 10.6 Å². The minimum Gasteiger partial charge on any atom is -0.357 e. The van der Waals surface area contributed by atoms with Crippen LogP contribution in [0.4, 0.5) is 0 Å². The second-order valence-corrected chi connectivity index (χ2v) is 10.4. The molecule has 0 saturated carbocycles. The quantitative estimate of drug-likeness (QED) is 0.284. The molecule has 0 radical (unpaired) electrons.